The van der Waals surface area contributed by atoms with Crippen LogP contribution in [0.2, 0.25) is 0 Å². The van der Waals surface area contributed by atoms with E-state index < -0.39 is 6.61 Å². The van der Waals surface area contributed by atoms with Crippen LogP contribution in [0.1, 0.15) is 38.3 Å². The third kappa shape index (κ3) is 4.30. The van der Waals surface area contributed by atoms with E-state index in [9.17, 15) is 8.78 Å². The summed E-state index contributed by atoms with van der Waals surface area (Å²) in [5, 5.41) is 3.48. The molecule has 2 rings (SSSR count). The Balaban J connectivity index is 2.03. The van der Waals surface area contributed by atoms with E-state index in [-0.39, 0.29) is 23.9 Å². The number of halogens is 2. The van der Waals surface area contributed by atoms with Crippen molar-refractivity contribution in [3.8, 4) is 11.5 Å². The van der Waals surface area contributed by atoms with Gasteiger partial charge in [0.2, 0.25) is 0 Å². The van der Waals surface area contributed by atoms with Gasteiger partial charge in [-0.2, -0.15) is 8.78 Å². The molecule has 0 aromatic heterocycles. The predicted octanol–water partition coefficient (Wildman–Crippen LogP) is 3.51. The maximum atomic E-state index is 12.3. The maximum absolute atomic E-state index is 12.3. The molecule has 0 radical (unpaired) electrons. The third-order valence-electron chi connectivity index (χ3n) is 3.94. The largest absolute Gasteiger partial charge is 0.493 e. The molecule has 1 aromatic rings. The topological polar surface area (TPSA) is 39.7 Å². The van der Waals surface area contributed by atoms with Gasteiger partial charge in [0.1, 0.15) is 0 Å². The molecule has 1 heterocycles. The molecule has 22 heavy (non-hydrogen) atoms. The van der Waals surface area contributed by atoms with Crippen molar-refractivity contribution in [3.63, 3.8) is 0 Å². The van der Waals surface area contributed by atoms with Crippen LogP contribution in [0.3, 0.4) is 0 Å². The van der Waals surface area contributed by atoms with Gasteiger partial charge in [-0.05, 0) is 44.4 Å². The van der Waals surface area contributed by atoms with Crippen molar-refractivity contribution in [2.45, 2.75) is 51.5 Å². The highest BCUT2D eigenvalue weighted by Crippen LogP contribution is 2.31. The van der Waals surface area contributed by atoms with E-state index in [1.165, 1.54) is 13.2 Å². The molecular formula is C16H23F2NO3. The molecule has 6 heteroatoms. The number of benzene rings is 1. The van der Waals surface area contributed by atoms with E-state index in [1.54, 1.807) is 12.1 Å². The van der Waals surface area contributed by atoms with Crippen LogP contribution in [0.25, 0.3) is 0 Å². The smallest absolute Gasteiger partial charge is 0.387 e. The molecule has 1 aromatic carbocycles. The van der Waals surface area contributed by atoms with Gasteiger partial charge in [0.05, 0.1) is 13.2 Å². The predicted molar refractivity (Wildman–Crippen MR) is 79.6 cm³/mol. The minimum absolute atomic E-state index is 0.0422. The van der Waals surface area contributed by atoms with Gasteiger partial charge in [-0.3, -0.25) is 0 Å². The Labute approximate surface area is 129 Å². The first-order chi connectivity index (χ1) is 10.5. The van der Waals surface area contributed by atoms with Crippen LogP contribution >= 0.6 is 0 Å². The van der Waals surface area contributed by atoms with Gasteiger partial charge >= 0.3 is 6.61 Å². The van der Waals surface area contributed by atoms with Gasteiger partial charge in [0.15, 0.2) is 11.5 Å². The molecular weight excluding hydrogens is 292 g/mol. The van der Waals surface area contributed by atoms with Crippen LogP contribution in [0.5, 0.6) is 11.5 Å². The summed E-state index contributed by atoms with van der Waals surface area (Å²) < 4.78 is 39.9. The molecule has 1 saturated heterocycles. The van der Waals surface area contributed by atoms with E-state index in [0.29, 0.717) is 5.75 Å². The van der Waals surface area contributed by atoms with E-state index in [4.69, 9.17) is 9.47 Å². The number of hydrogen-bond acceptors (Lipinski definition) is 4. The summed E-state index contributed by atoms with van der Waals surface area (Å²) in [5.74, 6) is 0.344. The van der Waals surface area contributed by atoms with E-state index in [1.807, 2.05) is 6.92 Å². The third-order valence-corrected chi connectivity index (χ3v) is 3.94. The Morgan fingerprint density at radius 3 is 2.64 bits per heavy atom. The fraction of sp³-hybridized carbons (Fsp3) is 0.625. The van der Waals surface area contributed by atoms with E-state index >= 15 is 0 Å². The molecule has 1 fully saturated rings. The van der Waals surface area contributed by atoms with Gasteiger partial charge in [-0.25, -0.2) is 0 Å². The van der Waals surface area contributed by atoms with Gasteiger partial charge in [0.25, 0.3) is 0 Å². The van der Waals surface area contributed by atoms with Crippen LogP contribution in [-0.2, 0) is 4.74 Å². The van der Waals surface area contributed by atoms with Gasteiger partial charge in [0, 0.05) is 18.7 Å². The number of methoxy groups -OCH3 is 1. The molecule has 1 N–H and O–H groups in total. The zero-order chi connectivity index (χ0) is 16.1. The Morgan fingerprint density at radius 2 is 2.05 bits per heavy atom. The minimum Gasteiger partial charge on any atom is -0.493 e. The fourth-order valence-corrected chi connectivity index (χ4v) is 2.74. The number of ether oxygens (including phenoxy) is 3. The Kier molecular flexibility index (Phi) is 5.97. The van der Waals surface area contributed by atoms with Gasteiger partial charge < -0.3 is 19.5 Å². The summed E-state index contributed by atoms with van der Waals surface area (Å²) >= 11 is 0. The van der Waals surface area contributed by atoms with Crippen molar-refractivity contribution in [1.29, 1.82) is 0 Å². The maximum Gasteiger partial charge on any atom is 0.387 e. The SMILES string of the molecule is COc1cc(C(C)NC(C)C2CCCO2)ccc1OC(F)F. The Morgan fingerprint density at radius 1 is 1.27 bits per heavy atom. The van der Waals surface area contributed by atoms with Crippen molar-refractivity contribution in [1.82, 2.24) is 5.32 Å². The first-order valence-corrected chi connectivity index (χ1v) is 7.51. The quantitative estimate of drug-likeness (QED) is 0.836. The highest BCUT2D eigenvalue weighted by atomic mass is 19.3. The average Bonchev–Trinajstić information content (AvgIpc) is 3.01. The molecule has 124 valence electrons. The Hall–Kier alpha value is -1.40. The lowest BCUT2D eigenvalue weighted by Crippen LogP contribution is -2.38. The lowest BCUT2D eigenvalue weighted by Gasteiger charge is -2.25. The highest BCUT2D eigenvalue weighted by molar-refractivity contribution is 5.43. The molecule has 4 nitrogen and oxygen atoms in total. The normalized spacial score (nSPS) is 20.9. The second kappa shape index (κ2) is 7.74. The first kappa shape index (κ1) is 17.0. The van der Waals surface area contributed by atoms with Crippen molar-refractivity contribution in [2.75, 3.05) is 13.7 Å². The van der Waals surface area contributed by atoms with Crippen LogP contribution in [-0.4, -0.2) is 32.5 Å². The fourth-order valence-electron chi connectivity index (χ4n) is 2.74. The summed E-state index contributed by atoms with van der Waals surface area (Å²) in [5.41, 5.74) is 0.948. The number of rotatable bonds is 7. The molecule has 3 atom stereocenters. The number of nitrogens with one attached hydrogen (secondary N) is 1. The monoisotopic (exact) mass is 315 g/mol. The number of hydrogen-bond donors (Lipinski definition) is 1. The zero-order valence-electron chi connectivity index (χ0n) is 13.1. The zero-order valence-corrected chi connectivity index (χ0v) is 13.1. The molecule has 0 bridgehead atoms. The molecule has 1 aliphatic heterocycles. The molecule has 3 unspecified atom stereocenters. The minimum atomic E-state index is -2.87. The standard InChI is InChI=1S/C16H23F2NO3/c1-10(19-11(2)13-5-4-8-21-13)12-6-7-14(22-16(17)18)15(9-12)20-3/h6-7,9-11,13,16,19H,4-5,8H2,1-3H3. The van der Waals surface area contributed by atoms with Crippen LogP contribution < -0.4 is 14.8 Å². The molecule has 1 aliphatic rings. The van der Waals surface area contributed by atoms with Crippen LogP contribution in [0, 0.1) is 0 Å². The van der Waals surface area contributed by atoms with E-state index in [0.717, 1.165) is 25.0 Å². The second-order valence-corrected chi connectivity index (χ2v) is 5.52. The molecule has 0 spiro atoms. The lowest BCUT2D eigenvalue weighted by atomic mass is 10.0. The summed E-state index contributed by atoms with van der Waals surface area (Å²) in [6.45, 7) is 2.07. The summed E-state index contributed by atoms with van der Waals surface area (Å²) in [6, 6.07) is 5.27. The number of alkyl halides is 2. The first-order valence-electron chi connectivity index (χ1n) is 7.51. The summed E-state index contributed by atoms with van der Waals surface area (Å²) in [7, 11) is 1.44. The molecule has 0 amide bonds. The highest BCUT2D eigenvalue weighted by Gasteiger charge is 2.24. The van der Waals surface area contributed by atoms with Crippen molar-refractivity contribution >= 4 is 0 Å². The lowest BCUT2D eigenvalue weighted by molar-refractivity contribution is -0.0512. The summed E-state index contributed by atoms with van der Waals surface area (Å²) in [6.07, 6.45) is 2.38. The average molecular weight is 315 g/mol. The Bertz CT molecular complexity index is 478. The van der Waals surface area contributed by atoms with E-state index in [2.05, 4.69) is 17.0 Å². The molecule has 0 aliphatic carbocycles. The van der Waals surface area contributed by atoms with Gasteiger partial charge in [-0.1, -0.05) is 6.07 Å². The van der Waals surface area contributed by atoms with Crippen molar-refractivity contribution < 1.29 is 23.0 Å². The summed E-state index contributed by atoms with van der Waals surface area (Å²) in [4.78, 5) is 0. The van der Waals surface area contributed by atoms with Crippen LogP contribution in [0.15, 0.2) is 18.2 Å². The second-order valence-electron chi connectivity index (χ2n) is 5.52. The van der Waals surface area contributed by atoms with Crippen molar-refractivity contribution in [3.05, 3.63) is 23.8 Å². The van der Waals surface area contributed by atoms with Gasteiger partial charge in [-0.15, -0.1) is 0 Å². The van der Waals surface area contributed by atoms with Crippen molar-refractivity contribution in [2.24, 2.45) is 0 Å². The van der Waals surface area contributed by atoms with Crippen LogP contribution in [0.4, 0.5) is 8.78 Å². The molecule has 0 saturated carbocycles.